The number of hydrogen-bond donors (Lipinski definition) is 2. The molecule has 0 amide bonds. The molecular formula is C12H27FN2. The summed E-state index contributed by atoms with van der Waals surface area (Å²) in [6.45, 7) is 0.823. The fourth-order valence-corrected chi connectivity index (χ4v) is 1.72. The van der Waals surface area contributed by atoms with Crippen molar-refractivity contribution in [3.63, 3.8) is 0 Å². The molecule has 0 aliphatic carbocycles. The Morgan fingerprint density at radius 1 is 0.733 bits per heavy atom. The molecule has 0 fully saturated rings. The summed E-state index contributed by atoms with van der Waals surface area (Å²) in [5, 5.41) is 0. The molecule has 2 nitrogen and oxygen atoms in total. The van der Waals surface area contributed by atoms with Gasteiger partial charge in [0.1, 0.15) is 6.30 Å². The van der Waals surface area contributed by atoms with E-state index in [1.165, 1.54) is 38.5 Å². The minimum atomic E-state index is -1.11. The Morgan fingerprint density at radius 2 is 1.13 bits per heavy atom. The van der Waals surface area contributed by atoms with E-state index in [-0.39, 0.29) is 0 Å². The van der Waals surface area contributed by atoms with E-state index < -0.39 is 6.30 Å². The van der Waals surface area contributed by atoms with Crippen LogP contribution in [0.3, 0.4) is 0 Å². The third-order valence-corrected chi connectivity index (χ3v) is 2.68. The van der Waals surface area contributed by atoms with Crippen LogP contribution in [0, 0.1) is 0 Å². The average Bonchev–Trinajstić information content (AvgIpc) is 2.20. The molecule has 1 unspecified atom stereocenters. The first-order chi connectivity index (χ1) is 7.27. The molecule has 92 valence electrons. The quantitative estimate of drug-likeness (QED) is 0.413. The highest BCUT2D eigenvalue weighted by Crippen LogP contribution is 2.10. The number of nitrogens with two attached hydrogens (primary N) is 2. The van der Waals surface area contributed by atoms with Gasteiger partial charge in [-0.2, -0.15) is 0 Å². The van der Waals surface area contributed by atoms with Crippen molar-refractivity contribution >= 4 is 0 Å². The molecule has 0 aromatic carbocycles. The first kappa shape index (κ1) is 14.8. The summed E-state index contributed by atoms with van der Waals surface area (Å²) in [4.78, 5) is 0. The largest absolute Gasteiger partial charge is 0.330 e. The van der Waals surface area contributed by atoms with Crippen LogP contribution >= 0.6 is 0 Å². The maximum absolute atomic E-state index is 12.2. The standard InChI is InChI=1S/C12H27FN2/c13-12(15)10-8-6-4-2-1-3-5-7-9-11-14/h12H,1-11,14-15H2. The molecular weight excluding hydrogens is 191 g/mol. The molecule has 0 radical (unpaired) electrons. The summed E-state index contributed by atoms with van der Waals surface area (Å²) >= 11 is 0. The number of halogens is 1. The van der Waals surface area contributed by atoms with Crippen molar-refractivity contribution in [1.29, 1.82) is 0 Å². The predicted octanol–water partition coefficient (Wildman–Crippen LogP) is 3.10. The van der Waals surface area contributed by atoms with Crippen LogP contribution in [0.25, 0.3) is 0 Å². The molecule has 0 saturated carbocycles. The Labute approximate surface area is 93.6 Å². The highest BCUT2D eigenvalue weighted by atomic mass is 19.1. The first-order valence-electron chi connectivity index (χ1n) is 6.37. The van der Waals surface area contributed by atoms with E-state index in [1.807, 2.05) is 0 Å². The highest BCUT2D eigenvalue weighted by molar-refractivity contribution is 4.50. The Kier molecular flexibility index (Phi) is 11.8. The Hall–Kier alpha value is -0.150. The highest BCUT2D eigenvalue weighted by Gasteiger charge is 1.97. The monoisotopic (exact) mass is 218 g/mol. The van der Waals surface area contributed by atoms with E-state index in [9.17, 15) is 4.39 Å². The summed E-state index contributed by atoms with van der Waals surface area (Å²) in [7, 11) is 0. The lowest BCUT2D eigenvalue weighted by atomic mass is 10.1. The lowest BCUT2D eigenvalue weighted by Gasteiger charge is -2.03. The maximum atomic E-state index is 12.2. The number of rotatable bonds is 11. The van der Waals surface area contributed by atoms with Crippen molar-refractivity contribution in [2.45, 2.75) is 70.5 Å². The van der Waals surface area contributed by atoms with Gasteiger partial charge in [0.05, 0.1) is 0 Å². The summed E-state index contributed by atoms with van der Waals surface area (Å²) in [6, 6.07) is 0. The molecule has 0 saturated heterocycles. The summed E-state index contributed by atoms with van der Waals surface area (Å²) in [6.07, 6.45) is 10.4. The van der Waals surface area contributed by atoms with E-state index in [0.29, 0.717) is 6.42 Å². The van der Waals surface area contributed by atoms with Gasteiger partial charge in [0.15, 0.2) is 0 Å². The van der Waals surface area contributed by atoms with Crippen LogP contribution in [0.5, 0.6) is 0 Å². The minimum Gasteiger partial charge on any atom is -0.330 e. The van der Waals surface area contributed by atoms with Crippen LogP contribution in [0.4, 0.5) is 4.39 Å². The van der Waals surface area contributed by atoms with Crippen molar-refractivity contribution in [1.82, 2.24) is 0 Å². The van der Waals surface area contributed by atoms with E-state index in [4.69, 9.17) is 11.5 Å². The summed E-state index contributed by atoms with van der Waals surface area (Å²) in [5.74, 6) is 0. The Balaban J connectivity index is 2.87. The van der Waals surface area contributed by atoms with Gasteiger partial charge in [-0.25, -0.2) is 4.39 Å². The van der Waals surface area contributed by atoms with Gasteiger partial charge in [-0.3, -0.25) is 0 Å². The van der Waals surface area contributed by atoms with Crippen LogP contribution < -0.4 is 11.5 Å². The second kappa shape index (κ2) is 11.9. The third kappa shape index (κ3) is 13.9. The zero-order chi connectivity index (χ0) is 11.4. The predicted molar refractivity (Wildman–Crippen MR) is 64.3 cm³/mol. The lowest BCUT2D eigenvalue weighted by molar-refractivity contribution is 0.313. The molecule has 0 rings (SSSR count). The molecule has 1 atom stereocenters. The van der Waals surface area contributed by atoms with Gasteiger partial charge in [0.25, 0.3) is 0 Å². The molecule has 0 aromatic heterocycles. The van der Waals surface area contributed by atoms with Gasteiger partial charge >= 0.3 is 0 Å². The van der Waals surface area contributed by atoms with Gasteiger partial charge in [-0.15, -0.1) is 0 Å². The normalized spacial score (nSPS) is 13.0. The van der Waals surface area contributed by atoms with Crippen LogP contribution in [0.2, 0.25) is 0 Å². The first-order valence-corrected chi connectivity index (χ1v) is 6.37. The molecule has 0 bridgehead atoms. The van der Waals surface area contributed by atoms with Crippen molar-refractivity contribution in [3.8, 4) is 0 Å². The van der Waals surface area contributed by atoms with Crippen LogP contribution in [0.1, 0.15) is 64.2 Å². The fraction of sp³-hybridized carbons (Fsp3) is 1.00. The van der Waals surface area contributed by atoms with Crippen LogP contribution in [-0.2, 0) is 0 Å². The topological polar surface area (TPSA) is 52.0 Å². The second-order valence-corrected chi connectivity index (χ2v) is 4.28. The average molecular weight is 218 g/mol. The van der Waals surface area contributed by atoms with E-state index >= 15 is 0 Å². The van der Waals surface area contributed by atoms with Gasteiger partial charge in [-0.05, 0) is 25.8 Å². The Morgan fingerprint density at radius 3 is 1.53 bits per heavy atom. The molecule has 0 heterocycles. The number of alkyl halides is 1. The molecule has 4 N–H and O–H groups in total. The SMILES string of the molecule is NCCCCCCCCCCCC(N)F. The molecule has 3 heteroatoms. The van der Waals surface area contributed by atoms with Crippen LogP contribution in [0.15, 0.2) is 0 Å². The molecule has 0 aliphatic heterocycles. The van der Waals surface area contributed by atoms with E-state index in [0.717, 1.165) is 25.8 Å². The summed E-state index contributed by atoms with van der Waals surface area (Å²) in [5.41, 5.74) is 10.4. The van der Waals surface area contributed by atoms with Crippen molar-refractivity contribution in [3.05, 3.63) is 0 Å². The number of hydrogen-bond acceptors (Lipinski definition) is 2. The minimum absolute atomic E-state index is 0.524. The Bertz CT molecular complexity index is 118. The van der Waals surface area contributed by atoms with Crippen molar-refractivity contribution in [2.75, 3.05) is 6.54 Å². The lowest BCUT2D eigenvalue weighted by Crippen LogP contribution is -2.11. The fourth-order valence-electron chi connectivity index (χ4n) is 1.72. The van der Waals surface area contributed by atoms with E-state index in [1.54, 1.807) is 0 Å². The maximum Gasteiger partial charge on any atom is 0.148 e. The summed E-state index contributed by atoms with van der Waals surface area (Å²) < 4.78 is 12.2. The van der Waals surface area contributed by atoms with E-state index in [2.05, 4.69) is 0 Å². The molecule has 0 aliphatic rings. The third-order valence-electron chi connectivity index (χ3n) is 2.68. The van der Waals surface area contributed by atoms with Crippen LogP contribution in [-0.4, -0.2) is 12.8 Å². The molecule has 0 aromatic rings. The molecule has 0 spiro atoms. The molecule has 15 heavy (non-hydrogen) atoms. The van der Waals surface area contributed by atoms with Crippen molar-refractivity contribution < 1.29 is 4.39 Å². The van der Waals surface area contributed by atoms with Crippen molar-refractivity contribution in [2.24, 2.45) is 11.5 Å². The van der Waals surface area contributed by atoms with Gasteiger partial charge in [-0.1, -0.05) is 44.9 Å². The van der Waals surface area contributed by atoms with Gasteiger partial charge in [0.2, 0.25) is 0 Å². The number of unbranched alkanes of at least 4 members (excludes halogenated alkanes) is 8. The smallest absolute Gasteiger partial charge is 0.148 e. The zero-order valence-electron chi connectivity index (χ0n) is 9.89. The zero-order valence-corrected chi connectivity index (χ0v) is 9.89. The van der Waals surface area contributed by atoms with Gasteiger partial charge in [0, 0.05) is 0 Å². The van der Waals surface area contributed by atoms with Gasteiger partial charge < -0.3 is 11.5 Å². The second-order valence-electron chi connectivity index (χ2n) is 4.28.